The number of nitrogen functional groups attached to an aromatic ring is 2. The van der Waals surface area contributed by atoms with Crippen molar-refractivity contribution in [2.45, 2.75) is 33.1 Å². The van der Waals surface area contributed by atoms with Crippen LogP contribution in [0.3, 0.4) is 0 Å². The summed E-state index contributed by atoms with van der Waals surface area (Å²) in [6.07, 6.45) is 2.26. The van der Waals surface area contributed by atoms with Crippen molar-refractivity contribution in [3.8, 4) is 5.75 Å². The molecule has 1 aromatic carbocycles. The molecule has 118 valence electrons. The van der Waals surface area contributed by atoms with E-state index in [0.29, 0.717) is 35.5 Å². The smallest absolute Gasteiger partial charge is 0.221 e. The Morgan fingerprint density at radius 2 is 1.95 bits per heavy atom. The number of hydrogen-bond donors (Lipinski definition) is 2. The van der Waals surface area contributed by atoms with Crippen LogP contribution in [0.15, 0.2) is 18.3 Å². The molecule has 1 heterocycles. The molecule has 0 bridgehead atoms. The fourth-order valence-electron chi connectivity index (χ4n) is 2.34. The molecule has 1 aromatic heterocycles. The van der Waals surface area contributed by atoms with Gasteiger partial charge < -0.3 is 16.2 Å². The first-order valence-electron chi connectivity index (χ1n) is 7.24. The van der Waals surface area contributed by atoms with Crippen molar-refractivity contribution >= 4 is 23.4 Å². The van der Waals surface area contributed by atoms with E-state index in [0.717, 1.165) is 11.1 Å². The van der Waals surface area contributed by atoms with Crippen LogP contribution in [0, 0.1) is 0 Å². The highest BCUT2D eigenvalue weighted by Gasteiger charge is 2.14. The van der Waals surface area contributed by atoms with Crippen LogP contribution in [0.1, 0.15) is 43.4 Å². The molecule has 2 aromatic rings. The van der Waals surface area contributed by atoms with Crippen molar-refractivity contribution < 1.29 is 4.74 Å². The number of halogens is 1. The van der Waals surface area contributed by atoms with E-state index in [1.807, 2.05) is 19.1 Å². The molecule has 6 heteroatoms. The highest BCUT2D eigenvalue weighted by molar-refractivity contribution is 6.32. The quantitative estimate of drug-likeness (QED) is 0.881. The van der Waals surface area contributed by atoms with Crippen LogP contribution < -0.4 is 16.2 Å². The first-order valence-corrected chi connectivity index (χ1v) is 7.62. The number of benzene rings is 1. The lowest BCUT2D eigenvalue weighted by atomic mass is 9.93. The lowest BCUT2D eigenvalue weighted by Crippen LogP contribution is -2.06. The number of hydrogen-bond acceptors (Lipinski definition) is 5. The fourth-order valence-corrected chi connectivity index (χ4v) is 2.58. The number of nitrogens with zero attached hydrogens (tertiary/aromatic N) is 2. The van der Waals surface area contributed by atoms with Gasteiger partial charge in [-0.1, -0.05) is 25.4 Å². The molecule has 0 saturated heterocycles. The summed E-state index contributed by atoms with van der Waals surface area (Å²) in [5, 5.41) is 0.594. The lowest BCUT2D eigenvalue weighted by Gasteiger charge is -2.17. The van der Waals surface area contributed by atoms with E-state index >= 15 is 0 Å². The molecule has 0 fully saturated rings. The predicted molar refractivity (Wildman–Crippen MR) is 90.4 cm³/mol. The largest absolute Gasteiger partial charge is 0.492 e. The van der Waals surface area contributed by atoms with Gasteiger partial charge in [0.1, 0.15) is 11.6 Å². The van der Waals surface area contributed by atoms with Gasteiger partial charge in [0, 0.05) is 18.2 Å². The van der Waals surface area contributed by atoms with Gasteiger partial charge in [0.25, 0.3) is 0 Å². The molecule has 4 N–H and O–H groups in total. The topological polar surface area (TPSA) is 87.0 Å². The highest BCUT2D eigenvalue weighted by atomic mass is 35.5. The van der Waals surface area contributed by atoms with Gasteiger partial charge in [-0.05, 0) is 36.1 Å². The Morgan fingerprint density at radius 3 is 2.55 bits per heavy atom. The molecule has 0 atom stereocenters. The molecule has 0 radical (unpaired) electrons. The van der Waals surface area contributed by atoms with Crippen LogP contribution in [0.4, 0.5) is 11.8 Å². The highest BCUT2D eigenvalue weighted by Crippen LogP contribution is 2.33. The number of rotatable bonds is 5. The number of ether oxygens (including phenoxy) is 1. The summed E-state index contributed by atoms with van der Waals surface area (Å²) in [5.41, 5.74) is 14.5. The van der Waals surface area contributed by atoms with E-state index in [2.05, 4.69) is 23.8 Å². The van der Waals surface area contributed by atoms with Gasteiger partial charge in [-0.2, -0.15) is 4.98 Å². The average Bonchev–Trinajstić information content (AvgIpc) is 2.44. The second-order valence-electron chi connectivity index (χ2n) is 5.38. The maximum Gasteiger partial charge on any atom is 0.221 e. The molecule has 0 aliphatic rings. The van der Waals surface area contributed by atoms with Gasteiger partial charge in [-0.25, -0.2) is 4.98 Å². The van der Waals surface area contributed by atoms with Crippen molar-refractivity contribution in [3.63, 3.8) is 0 Å². The van der Waals surface area contributed by atoms with Crippen molar-refractivity contribution in [3.05, 3.63) is 40.0 Å². The van der Waals surface area contributed by atoms with Crippen LogP contribution in [-0.2, 0) is 6.42 Å². The maximum absolute atomic E-state index is 6.31. The molecule has 0 amide bonds. The minimum atomic E-state index is 0.176. The van der Waals surface area contributed by atoms with Gasteiger partial charge >= 0.3 is 0 Å². The van der Waals surface area contributed by atoms with Crippen LogP contribution in [-0.4, -0.2) is 16.6 Å². The van der Waals surface area contributed by atoms with E-state index in [-0.39, 0.29) is 5.95 Å². The van der Waals surface area contributed by atoms with Crippen molar-refractivity contribution in [2.24, 2.45) is 0 Å². The molecule has 0 aliphatic heterocycles. The normalized spacial score (nSPS) is 11.0. The number of nitrogens with two attached hydrogens (primary N) is 2. The van der Waals surface area contributed by atoms with E-state index in [1.54, 1.807) is 6.20 Å². The molecule has 0 aliphatic carbocycles. The zero-order chi connectivity index (χ0) is 16.3. The number of aromatic nitrogens is 2. The molecule has 0 spiro atoms. The summed E-state index contributed by atoms with van der Waals surface area (Å²) < 4.78 is 5.57. The Labute approximate surface area is 135 Å². The fraction of sp³-hybridized carbons (Fsp3) is 0.375. The maximum atomic E-state index is 6.31. The van der Waals surface area contributed by atoms with Gasteiger partial charge in [0.15, 0.2) is 0 Å². The van der Waals surface area contributed by atoms with Crippen LogP contribution in [0.2, 0.25) is 5.02 Å². The Balaban J connectivity index is 2.43. The molecule has 0 saturated carbocycles. The van der Waals surface area contributed by atoms with Gasteiger partial charge in [-0.3, -0.25) is 0 Å². The third kappa shape index (κ3) is 3.60. The standard InChI is InChI=1S/C16H21ClN4O/c1-4-22-14-7-12(9(2)3)10(6-13(14)17)5-11-8-20-16(19)21-15(11)18/h6-9H,4-5H2,1-3H3,(H4,18,19,20,21). The Bertz CT molecular complexity index is 673. The first kappa shape index (κ1) is 16.4. The van der Waals surface area contributed by atoms with Crippen molar-refractivity contribution in [1.29, 1.82) is 0 Å². The summed E-state index contributed by atoms with van der Waals surface area (Å²) >= 11 is 6.31. The molecule has 0 unspecified atom stereocenters. The monoisotopic (exact) mass is 320 g/mol. The third-order valence-corrected chi connectivity index (χ3v) is 3.71. The van der Waals surface area contributed by atoms with E-state index < -0.39 is 0 Å². The zero-order valence-corrected chi connectivity index (χ0v) is 13.8. The minimum absolute atomic E-state index is 0.176. The summed E-state index contributed by atoms with van der Waals surface area (Å²) in [7, 11) is 0. The summed E-state index contributed by atoms with van der Waals surface area (Å²) in [6.45, 7) is 6.78. The molecule has 2 rings (SSSR count). The van der Waals surface area contributed by atoms with E-state index in [4.69, 9.17) is 27.8 Å². The van der Waals surface area contributed by atoms with Crippen LogP contribution >= 0.6 is 11.6 Å². The molecule has 5 nitrogen and oxygen atoms in total. The summed E-state index contributed by atoms with van der Waals surface area (Å²) in [5.74, 6) is 1.61. The third-order valence-electron chi connectivity index (χ3n) is 3.41. The second-order valence-corrected chi connectivity index (χ2v) is 5.79. The van der Waals surface area contributed by atoms with Gasteiger partial charge in [0.2, 0.25) is 5.95 Å². The first-order chi connectivity index (χ1) is 10.4. The Morgan fingerprint density at radius 1 is 1.23 bits per heavy atom. The minimum Gasteiger partial charge on any atom is -0.492 e. The van der Waals surface area contributed by atoms with Gasteiger partial charge in [0.05, 0.1) is 11.6 Å². The SMILES string of the molecule is CCOc1cc(C(C)C)c(Cc2cnc(N)nc2N)cc1Cl. The molecular formula is C16H21ClN4O. The van der Waals surface area contributed by atoms with E-state index in [9.17, 15) is 0 Å². The zero-order valence-electron chi connectivity index (χ0n) is 13.1. The van der Waals surface area contributed by atoms with Crippen LogP contribution in [0.5, 0.6) is 5.75 Å². The van der Waals surface area contributed by atoms with Crippen LogP contribution in [0.25, 0.3) is 0 Å². The van der Waals surface area contributed by atoms with E-state index in [1.165, 1.54) is 5.56 Å². The van der Waals surface area contributed by atoms with Crippen molar-refractivity contribution in [2.75, 3.05) is 18.1 Å². The molecule has 22 heavy (non-hydrogen) atoms. The summed E-state index contributed by atoms with van der Waals surface area (Å²) in [4.78, 5) is 8.01. The predicted octanol–water partition coefficient (Wildman–Crippen LogP) is 3.41. The Hall–Kier alpha value is -2.01. The average molecular weight is 321 g/mol. The number of anilines is 2. The Kier molecular flexibility index (Phi) is 5.08. The van der Waals surface area contributed by atoms with Crippen molar-refractivity contribution in [1.82, 2.24) is 9.97 Å². The molecular weight excluding hydrogens is 300 g/mol. The lowest BCUT2D eigenvalue weighted by molar-refractivity contribution is 0.340. The van der Waals surface area contributed by atoms with Gasteiger partial charge in [-0.15, -0.1) is 0 Å². The summed E-state index contributed by atoms with van der Waals surface area (Å²) in [6, 6.07) is 3.93. The second kappa shape index (κ2) is 6.83.